The zero-order chi connectivity index (χ0) is 17.2. The minimum Gasteiger partial charge on any atom is -0.285 e. The van der Waals surface area contributed by atoms with Crippen molar-refractivity contribution in [2.24, 2.45) is 0 Å². The van der Waals surface area contributed by atoms with Crippen LogP contribution in [0, 0.1) is 6.92 Å². The van der Waals surface area contributed by atoms with Gasteiger partial charge >= 0.3 is 5.69 Å². The van der Waals surface area contributed by atoms with Gasteiger partial charge in [0.1, 0.15) is 0 Å². The summed E-state index contributed by atoms with van der Waals surface area (Å²) in [7, 11) is 0. The average molecular weight is 349 g/mol. The van der Waals surface area contributed by atoms with E-state index < -0.39 is 0 Å². The maximum absolute atomic E-state index is 12.3. The van der Waals surface area contributed by atoms with Crippen LogP contribution < -0.4 is 5.69 Å². The van der Waals surface area contributed by atoms with Gasteiger partial charge in [0.05, 0.1) is 11.9 Å². The first-order valence-corrected chi connectivity index (χ1v) is 8.77. The molecule has 0 saturated heterocycles. The van der Waals surface area contributed by atoms with E-state index in [1.165, 1.54) is 21.8 Å². The van der Waals surface area contributed by atoms with E-state index in [2.05, 4.69) is 20.1 Å². The molecule has 0 aliphatic rings. The molecule has 0 spiro atoms. The second-order valence-electron chi connectivity index (χ2n) is 5.62. The first kappa shape index (κ1) is 15.6. The Bertz CT molecular complexity index is 1070. The summed E-state index contributed by atoms with van der Waals surface area (Å²) in [4.78, 5) is 23.9. The molecule has 4 aromatic rings. The molecule has 0 unspecified atom stereocenters. The predicted molar refractivity (Wildman–Crippen MR) is 97.6 cm³/mol. The van der Waals surface area contributed by atoms with Crippen LogP contribution in [0.3, 0.4) is 0 Å². The summed E-state index contributed by atoms with van der Waals surface area (Å²) in [5.74, 6) is 0.633. The molecule has 124 valence electrons. The summed E-state index contributed by atoms with van der Waals surface area (Å²) in [5, 5.41) is 4.72. The molecule has 3 heterocycles. The molecule has 4 rings (SSSR count). The Morgan fingerprint density at radius 1 is 1.16 bits per heavy atom. The molecule has 1 aromatic carbocycles. The molecule has 0 fully saturated rings. The summed E-state index contributed by atoms with van der Waals surface area (Å²) in [5.41, 5.74) is 4.19. The van der Waals surface area contributed by atoms with Crippen molar-refractivity contribution < 1.29 is 0 Å². The molecule has 3 aromatic heterocycles. The Hall–Kier alpha value is -2.93. The van der Waals surface area contributed by atoms with Crippen LogP contribution >= 0.6 is 11.8 Å². The number of pyridine rings is 1. The Labute approximate surface area is 148 Å². The highest BCUT2D eigenvalue weighted by molar-refractivity contribution is 7.98. The van der Waals surface area contributed by atoms with Gasteiger partial charge < -0.3 is 0 Å². The number of aryl methyl sites for hydroxylation is 1. The molecule has 7 heteroatoms. The highest BCUT2D eigenvalue weighted by atomic mass is 32.2. The molecule has 0 aliphatic heterocycles. The number of aromatic nitrogens is 5. The van der Waals surface area contributed by atoms with Crippen LogP contribution in [0.1, 0.15) is 11.3 Å². The summed E-state index contributed by atoms with van der Waals surface area (Å²) >= 11 is 1.44. The first-order chi connectivity index (χ1) is 12.2. The fraction of sp³-hybridized carbons (Fsp3) is 0.111. The van der Waals surface area contributed by atoms with Crippen LogP contribution in [0.25, 0.3) is 16.8 Å². The number of rotatable bonds is 4. The third-order valence-corrected chi connectivity index (χ3v) is 4.71. The van der Waals surface area contributed by atoms with Gasteiger partial charge in [-0.2, -0.15) is 9.61 Å². The lowest BCUT2D eigenvalue weighted by molar-refractivity contribution is 0.786. The van der Waals surface area contributed by atoms with Crippen molar-refractivity contribution in [3.8, 4) is 11.1 Å². The Morgan fingerprint density at radius 2 is 2.00 bits per heavy atom. The largest absolute Gasteiger partial charge is 0.350 e. The van der Waals surface area contributed by atoms with Gasteiger partial charge in [0.2, 0.25) is 0 Å². The van der Waals surface area contributed by atoms with Crippen LogP contribution in [0.2, 0.25) is 0 Å². The van der Waals surface area contributed by atoms with Crippen molar-refractivity contribution >= 4 is 17.4 Å². The Morgan fingerprint density at radius 3 is 2.76 bits per heavy atom. The van der Waals surface area contributed by atoms with Gasteiger partial charge in [0.15, 0.2) is 10.8 Å². The summed E-state index contributed by atoms with van der Waals surface area (Å²) < 4.78 is 1.29. The van der Waals surface area contributed by atoms with Crippen molar-refractivity contribution in [2.75, 3.05) is 0 Å². The van der Waals surface area contributed by atoms with Crippen LogP contribution in [0.15, 0.2) is 64.8 Å². The normalized spacial score (nSPS) is 11.1. The lowest BCUT2D eigenvalue weighted by Crippen LogP contribution is -2.19. The average Bonchev–Trinajstić information content (AvgIpc) is 3.06. The second kappa shape index (κ2) is 6.52. The van der Waals surface area contributed by atoms with Crippen LogP contribution in [0.5, 0.6) is 0 Å². The number of aromatic amines is 1. The number of fused-ring (bicyclic) bond motifs is 1. The molecular weight excluding hydrogens is 334 g/mol. The van der Waals surface area contributed by atoms with E-state index in [1.807, 2.05) is 49.4 Å². The van der Waals surface area contributed by atoms with Crippen molar-refractivity contribution in [3.05, 3.63) is 76.6 Å². The lowest BCUT2D eigenvalue weighted by Gasteiger charge is -2.03. The highest BCUT2D eigenvalue weighted by Crippen LogP contribution is 2.24. The number of nitrogens with zero attached hydrogens (tertiary/aromatic N) is 4. The zero-order valence-electron chi connectivity index (χ0n) is 13.5. The van der Waals surface area contributed by atoms with Gasteiger partial charge in [-0.3, -0.25) is 9.97 Å². The molecule has 1 N–H and O–H groups in total. The van der Waals surface area contributed by atoms with E-state index >= 15 is 0 Å². The third-order valence-electron chi connectivity index (χ3n) is 3.80. The van der Waals surface area contributed by atoms with E-state index in [0.29, 0.717) is 16.6 Å². The van der Waals surface area contributed by atoms with E-state index in [1.54, 1.807) is 12.4 Å². The number of nitrogens with one attached hydrogen (secondary N) is 1. The fourth-order valence-electron chi connectivity index (χ4n) is 2.50. The molecule has 25 heavy (non-hydrogen) atoms. The van der Waals surface area contributed by atoms with E-state index in [-0.39, 0.29) is 5.69 Å². The van der Waals surface area contributed by atoms with E-state index in [0.717, 1.165) is 16.8 Å². The van der Waals surface area contributed by atoms with Crippen molar-refractivity contribution in [1.29, 1.82) is 0 Å². The SMILES string of the molecule is Cc1ccc(-c2cnn3c(=O)[nH]c(SCc4ccccn4)nc23)cc1. The second-order valence-corrected chi connectivity index (χ2v) is 6.58. The van der Waals surface area contributed by atoms with Gasteiger partial charge in [-0.15, -0.1) is 0 Å². The fourth-order valence-corrected chi connectivity index (χ4v) is 3.26. The molecule has 0 atom stereocenters. The summed E-state index contributed by atoms with van der Waals surface area (Å²) in [6.07, 6.45) is 3.43. The molecular formula is C18H15N5OS. The highest BCUT2D eigenvalue weighted by Gasteiger charge is 2.12. The Kier molecular flexibility index (Phi) is 4.07. The first-order valence-electron chi connectivity index (χ1n) is 7.78. The Balaban J connectivity index is 1.71. The van der Waals surface area contributed by atoms with Gasteiger partial charge in [0.25, 0.3) is 0 Å². The molecule has 0 saturated carbocycles. The minimum atomic E-state index is -0.299. The minimum absolute atomic E-state index is 0.299. The zero-order valence-corrected chi connectivity index (χ0v) is 14.3. The number of benzene rings is 1. The molecule has 0 amide bonds. The lowest BCUT2D eigenvalue weighted by atomic mass is 10.1. The monoisotopic (exact) mass is 349 g/mol. The van der Waals surface area contributed by atoms with Crippen LogP contribution in [0.4, 0.5) is 0 Å². The van der Waals surface area contributed by atoms with Gasteiger partial charge in [-0.05, 0) is 24.6 Å². The molecule has 0 radical (unpaired) electrons. The number of H-pyrrole nitrogens is 1. The molecule has 0 bridgehead atoms. The standard InChI is InChI=1S/C18H15N5OS/c1-12-5-7-13(8-6-12)15-10-20-23-16(15)21-17(22-18(23)24)25-11-14-4-2-3-9-19-14/h2-10H,11H2,1H3,(H,21,22,24). The summed E-state index contributed by atoms with van der Waals surface area (Å²) in [6.45, 7) is 2.04. The van der Waals surface area contributed by atoms with Crippen LogP contribution in [-0.4, -0.2) is 24.6 Å². The quantitative estimate of drug-likeness (QED) is 0.573. The number of thioether (sulfide) groups is 1. The van der Waals surface area contributed by atoms with E-state index in [4.69, 9.17) is 0 Å². The number of hydrogen-bond acceptors (Lipinski definition) is 5. The molecule has 6 nitrogen and oxygen atoms in total. The maximum Gasteiger partial charge on any atom is 0.350 e. The number of hydrogen-bond donors (Lipinski definition) is 1. The van der Waals surface area contributed by atoms with Crippen molar-refractivity contribution in [1.82, 2.24) is 24.6 Å². The van der Waals surface area contributed by atoms with Gasteiger partial charge in [-0.1, -0.05) is 47.7 Å². The topological polar surface area (TPSA) is 75.9 Å². The molecule has 0 aliphatic carbocycles. The van der Waals surface area contributed by atoms with Crippen molar-refractivity contribution in [3.63, 3.8) is 0 Å². The summed E-state index contributed by atoms with van der Waals surface area (Å²) in [6, 6.07) is 13.8. The smallest absolute Gasteiger partial charge is 0.285 e. The third kappa shape index (κ3) is 3.18. The predicted octanol–water partition coefficient (Wildman–Crippen LogP) is 3.08. The van der Waals surface area contributed by atoms with Gasteiger partial charge in [-0.25, -0.2) is 9.78 Å². The van der Waals surface area contributed by atoms with Crippen LogP contribution in [-0.2, 0) is 5.75 Å². The van der Waals surface area contributed by atoms with Crippen molar-refractivity contribution in [2.45, 2.75) is 17.8 Å². The maximum atomic E-state index is 12.3. The van der Waals surface area contributed by atoms with Gasteiger partial charge in [0, 0.05) is 17.5 Å². The van der Waals surface area contributed by atoms with E-state index in [9.17, 15) is 4.79 Å².